The Morgan fingerprint density at radius 3 is 2.35 bits per heavy atom. The van der Waals surface area contributed by atoms with Gasteiger partial charge in [0, 0.05) is 12.8 Å². The van der Waals surface area contributed by atoms with Gasteiger partial charge in [0.15, 0.2) is 11.5 Å². The monoisotopic (exact) mass is 314 g/mol. The number of fused-ring (bicyclic) bond motifs is 1. The van der Waals surface area contributed by atoms with Crippen LogP contribution in [0.3, 0.4) is 0 Å². The molecule has 0 radical (unpaired) electrons. The highest BCUT2D eigenvalue weighted by Gasteiger charge is 2.41. The van der Waals surface area contributed by atoms with Crippen LogP contribution in [0.1, 0.15) is 62.8 Å². The highest BCUT2D eigenvalue weighted by atomic mass is 16.5. The van der Waals surface area contributed by atoms with Gasteiger partial charge in [-0.25, -0.2) is 0 Å². The smallest absolute Gasteiger partial charge is 0.161 e. The third-order valence-electron chi connectivity index (χ3n) is 6.08. The van der Waals surface area contributed by atoms with Crippen molar-refractivity contribution in [2.24, 2.45) is 11.8 Å². The molecule has 0 bridgehead atoms. The van der Waals surface area contributed by atoms with Gasteiger partial charge in [0.1, 0.15) is 5.78 Å². The third-order valence-corrected chi connectivity index (χ3v) is 6.08. The summed E-state index contributed by atoms with van der Waals surface area (Å²) in [5.74, 6) is 4.04. The van der Waals surface area contributed by atoms with Gasteiger partial charge >= 0.3 is 0 Å². The normalized spacial score (nSPS) is 30.7. The van der Waals surface area contributed by atoms with Crippen LogP contribution in [0.5, 0.6) is 11.5 Å². The minimum atomic E-state index is 0.347. The number of benzene rings is 1. The second-order valence-corrected chi connectivity index (χ2v) is 7.57. The van der Waals surface area contributed by atoms with E-state index in [2.05, 4.69) is 18.2 Å². The van der Waals surface area contributed by atoms with Crippen molar-refractivity contribution >= 4 is 5.78 Å². The summed E-state index contributed by atoms with van der Waals surface area (Å²) in [5, 5.41) is 0. The molecule has 0 spiro atoms. The average molecular weight is 314 g/mol. The molecule has 0 amide bonds. The number of methoxy groups -OCH3 is 1. The lowest BCUT2D eigenvalue weighted by Gasteiger charge is -2.19. The van der Waals surface area contributed by atoms with Crippen LogP contribution >= 0.6 is 0 Å². The second-order valence-electron chi connectivity index (χ2n) is 7.57. The zero-order valence-corrected chi connectivity index (χ0v) is 13.9. The molecule has 1 aromatic carbocycles. The number of Topliss-reactive ketones (excluding diaryl/α,β-unsaturated/α-hetero) is 1. The summed E-state index contributed by atoms with van der Waals surface area (Å²) < 4.78 is 11.7. The molecule has 0 aliphatic heterocycles. The molecule has 3 nitrogen and oxygen atoms in total. The van der Waals surface area contributed by atoms with Gasteiger partial charge in [0.25, 0.3) is 0 Å². The van der Waals surface area contributed by atoms with Gasteiger partial charge in [-0.1, -0.05) is 6.07 Å². The fraction of sp³-hybridized carbons (Fsp3) is 0.650. The van der Waals surface area contributed by atoms with E-state index in [9.17, 15) is 4.79 Å². The van der Waals surface area contributed by atoms with Gasteiger partial charge in [-0.2, -0.15) is 0 Å². The predicted molar refractivity (Wildman–Crippen MR) is 89.1 cm³/mol. The van der Waals surface area contributed by atoms with Gasteiger partial charge < -0.3 is 9.47 Å². The van der Waals surface area contributed by atoms with Crippen molar-refractivity contribution in [3.63, 3.8) is 0 Å². The fourth-order valence-electron chi connectivity index (χ4n) is 4.88. The zero-order valence-electron chi connectivity index (χ0n) is 13.9. The molecule has 0 N–H and O–H groups in total. The molecule has 2 unspecified atom stereocenters. The molecule has 23 heavy (non-hydrogen) atoms. The number of carbonyl (C=O) groups excluding carboxylic acids is 1. The van der Waals surface area contributed by atoms with Crippen LogP contribution in [-0.4, -0.2) is 19.0 Å². The Balaban J connectivity index is 1.51. The van der Waals surface area contributed by atoms with E-state index in [4.69, 9.17) is 9.47 Å². The number of hydrogen-bond donors (Lipinski definition) is 0. The van der Waals surface area contributed by atoms with E-state index < -0.39 is 0 Å². The summed E-state index contributed by atoms with van der Waals surface area (Å²) >= 11 is 0. The van der Waals surface area contributed by atoms with E-state index in [1.54, 1.807) is 7.11 Å². The minimum Gasteiger partial charge on any atom is -0.493 e. The summed E-state index contributed by atoms with van der Waals surface area (Å²) in [6.07, 6.45) is 9.13. The molecule has 2 atom stereocenters. The topological polar surface area (TPSA) is 35.5 Å². The third kappa shape index (κ3) is 2.98. The molecule has 3 aliphatic carbocycles. The van der Waals surface area contributed by atoms with Gasteiger partial charge in [-0.3, -0.25) is 4.79 Å². The molecule has 124 valence electrons. The van der Waals surface area contributed by atoms with Crippen molar-refractivity contribution in [3.05, 3.63) is 23.8 Å². The van der Waals surface area contributed by atoms with Crippen molar-refractivity contribution in [3.8, 4) is 11.5 Å². The molecule has 0 heterocycles. The van der Waals surface area contributed by atoms with Crippen LogP contribution in [-0.2, 0) is 4.79 Å². The Bertz CT molecular complexity index is 573. The van der Waals surface area contributed by atoms with Gasteiger partial charge in [-0.15, -0.1) is 0 Å². The van der Waals surface area contributed by atoms with Crippen LogP contribution in [0, 0.1) is 11.8 Å². The van der Waals surface area contributed by atoms with E-state index in [1.807, 2.05) is 0 Å². The van der Waals surface area contributed by atoms with E-state index in [0.717, 1.165) is 50.0 Å². The Kier molecular flexibility index (Phi) is 4.04. The molecular formula is C20H26O3. The largest absolute Gasteiger partial charge is 0.493 e. The summed E-state index contributed by atoms with van der Waals surface area (Å²) in [7, 11) is 1.71. The van der Waals surface area contributed by atoms with Crippen molar-refractivity contribution < 1.29 is 14.3 Å². The second kappa shape index (κ2) is 6.18. The molecule has 0 aromatic heterocycles. The number of rotatable bonds is 4. The van der Waals surface area contributed by atoms with E-state index in [0.29, 0.717) is 29.6 Å². The maximum Gasteiger partial charge on any atom is 0.161 e. The molecule has 3 heteroatoms. The molecule has 3 saturated carbocycles. The first-order valence-corrected chi connectivity index (χ1v) is 9.09. The quantitative estimate of drug-likeness (QED) is 0.821. The number of hydrogen-bond acceptors (Lipinski definition) is 3. The average Bonchev–Trinajstić information content (AvgIpc) is 3.23. The van der Waals surface area contributed by atoms with Crippen molar-refractivity contribution in [1.29, 1.82) is 0 Å². The first-order valence-electron chi connectivity index (χ1n) is 9.09. The van der Waals surface area contributed by atoms with Gasteiger partial charge in [0.05, 0.1) is 13.2 Å². The molecule has 3 fully saturated rings. The summed E-state index contributed by atoms with van der Waals surface area (Å²) in [6.45, 7) is 0. The maximum atomic E-state index is 11.6. The Labute approximate surface area is 138 Å². The zero-order chi connectivity index (χ0) is 15.8. The van der Waals surface area contributed by atoms with E-state index in [1.165, 1.54) is 18.4 Å². The summed E-state index contributed by atoms with van der Waals surface area (Å²) in [6, 6.07) is 6.44. The van der Waals surface area contributed by atoms with Gasteiger partial charge in [0.2, 0.25) is 0 Å². The molecule has 4 rings (SSSR count). The maximum absolute atomic E-state index is 11.6. The lowest BCUT2D eigenvalue weighted by molar-refractivity contribution is -0.117. The molecule has 0 saturated heterocycles. The van der Waals surface area contributed by atoms with Crippen LogP contribution in [0.25, 0.3) is 0 Å². The standard InChI is InChI=1S/C20H26O3/c1-22-19-7-6-13(12-20(19)23-18-4-2-3-5-18)14-8-15-10-17(21)11-16(15)9-14/h6-7,12,14-16,18H,2-5,8-11H2,1H3. The molecule has 1 aromatic rings. The summed E-state index contributed by atoms with van der Waals surface area (Å²) in [4.78, 5) is 11.6. The lowest BCUT2D eigenvalue weighted by Crippen LogP contribution is -2.12. The van der Waals surface area contributed by atoms with Crippen molar-refractivity contribution in [2.75, 3.05) is 7.11 Å². The highest BCUT2D eigenvalue weighted by molar-refractivity contribution is 5.81. The Hall–Kier alpha value is -1.51. The van der Waals surface area contributed by atoms with Crippen LogP contribution in [0.2, 0.25) is 0 Å². The summed E-state index contributed by atoms with van der Waals surface area (Å²) in [5.41, 5.74) is 1.36. The predicted octanol–water partition coefficient (Wildman–Crippen LogP) is 4.49. The van der Waals surface area contributed by atoms with E-state index in [-0.39, 0.29) is 0 Å². The number of ether oxygens (including phenoxy) is 2. The highest BCUT2D eigenvalue weighted by Crippen LogP contribution is 2.50. The number of carbonyl (C=O) groups is 1. The van der Waals surface area contributed by atoms with Crippen LogP contribution in [0.4, 0.5) is 0 Å². The van der Waals surface area contributed by atoms with Gasteiger partial charge in [-0.05, 0) is 74.0 Å². The molecular weight excluding hydrogens is 288 g/mol. The van der Waals surface area contributed by atoms with Crippen molar-refractivity contribution in [2.45, 2.75) is 63.4 Å². The SMILES string of the molecule is COc1ccc(C2CC3CC(=O)CC3C2)cc1OC1CCCC1. The first kappa shape index (κ1) is 15.0. The van der Waals surface area contributed by atoms with Crippen molar-refractivity contribution in [1.82, 2.24) is 0 Å². The minimum absolute atomic E-state index is 0.347. The Morgan fingerprint density at radius 2 is 1.70 bits per heavy atom. The number of ketones is 1. The molecule has 3 aliphatic rings. The first-order chi connectivity index (χ1) is 11.2. The van der Waals surface area contributed by atoms with Crippen LogP contribution in [0.15, 0.2) is 18.2 Å². The van der Waals surface area contributed by atoms with E-state index >= 15 is 0 Å². The van der Waals surface area contributed by atoms with Crippen LogP contribution < -0.4 is 9.47 Å². The fourth-order valence-corrected chi connectivity index (χ4v) is 4.88. The lowest BCUT2D eigenvalue weighted by atomic mass is 9.94. The Morgan fingerprint density at radius 1 is 1.00 bits per heavy atom.